The van der Waals surface area contributed by atoms with E-state index < -0.39 is 0 Å². The number of rotatable bonds is 5. The second-order valence-electron chi connectivity index (χ2n) is 4.29. The van der Waals surface area contributed by atoms with E-state index in [2.05, 4.69) is 53.1 Å². The summed E-state index contributed by atoms with van der Waals surface area (Å²) in [6.07, 6.45) is 0. The summed E-state index contributed by atoms with van der Waals surface area (Å²) in [5, 5.41) is 3.39. The molecule has 2 aromatic carbocycles. The molecular formula is C15H14Br3NO2. The number of hydrogen-bond acceptors (Lipinski definition) is 3. The Balaban J connectivity index is 2.17. The second-order valence-corrected chi connectivity index (χ2v) is 6.86. The SMILES string of the molecule is COc1ccc(Br)c(NCc2cc(Br)c(OC)c(Br)c2)c1. The van der Waals surface area contributed by atoms with Gasteiger partial charge >= 0.3 is 0 Å². The van der Waals surface area contributed by atoms with Crippen molar-refractivity contribution >= 4 is 53.5 Å². The summed E-state index contributed by atoms with van der Waals surface area (Å²) in [6, 6.07) is 9.89. The molecule has 0 aliphatic heterocycles. The van der Waals surface area contributed by atoms with Crippen LogP contribution in [0.15, 0.2) is 43.7 Å². The van der Waals surface area contributed by atoms with Gasteiger partial charge in [-0.1, -0.05) is 0 Å². The van der Waals surface area contributed by atoms with Crippen LogP contribution in [0.1, 0.15) is 5.56 Å². The zero-order chi connectivity index (χ0) is 15.4. The van der Waals surface area contributed by atoms with Crippen LogP contribution in [0.4, 0.5) is 5.69 Å². The Morgan fingerprint density at radius 1 is 0.905 bits per heavy atom. The van der Waals surface area contributed by atoms with Crippen LogP contribution < -0.4 is 14.8 Å². The largest absolute Gasteiger partial charge is 0.497 e. The lowest BCUT2D eigenvalue weighted by molar-refractivity contribution is 0.409. The van der Waals surface area contributed by atoms with Crippen LogP contribution in [-0.4, -0.2) is 14.2 Å². The highest BCUT2D eigenvalue weighted by molar-refractivity contribution is 9.11. The van der Waals surface area contributed by atoms with Crippen molar-refractivity contribution in [3.63, 3.8) is 0 Å². The maximum Gasteiger partial charge on any atom is 0.147 e. The van der Waals surface area contributed by atoms with E-state index in [1.54, 1.807) is 14.2 Å². The summed E-state index contributed by atoms with van der Waals surface area (Å²) in [4.78, 5) is 0. The van der Waals surface area contributed by atoms with Crippen molar-refractivity contribution < 1.29 is 9.47 Å². The van der Waals surface area contributed by atoms with E-state index in [0.717, 1.165) is 36.2 Å². The fraction of sp³-hybridized carbons (Fsp3) is 0.200. The number of hydrogen-bond donors (Lipinski definition) is 1. The molecule has 3 nitrogen and oxygen atoms in total. The lowest BCUT2D eigenvalue weighted by atomic mass is 10.2. The molecule has 0 atom stereocenters. The molecule has 1 N–H and O–H groups in total. The van der Waals surface area contributed by atoms with Gasteiger partial charge in [0.1, 0.15) is 11.5 Å². The molecule has 0 fully saturated rings. The van der Waals surface area contributed by atoms with Crippen molar-refractivity contribution in [1.82, 2.24) is 0 Å². The van der Waals surface area contributed by atoms with Crippen LogP contribution in [0.3, 0.4) is 0 Å². The van der Waals surface area contributed by atoms with Gasteiger partial charge in [0.05, 0.1) is 28.9 Å². The Kier molecular flexibility index (Phi) is 5.96. The van der Waals surface area contributed by atoms with E-state index in [1.807, 2.05) is 30.3 Å². The van der Waals surface area contributed by atoms with Gasteiger partial charge < -0.3 is 14.8 Å². The fourth-order valence-corrected chi connectivity index (χ4v) is 3.87. The van der Waals surface area contributed by atoms with Crippen LogP contribution in [0.2, 0.25) is 0 Å². The third-order valence-electron chi connectivity index (χ3n) is 2.92. The third-order valence-corrected chi connectivity index (χ3v) is 4.79. The highest BCUT2D eigenvalue weighted by Gasteiger charge is 2.08. The van der Waals surface area contributed by atoms with E-state index in [-0.39, 0.29) is 0 Å². The van der Waals surface area contributed by atoms with Gasteiger partial charge in [0.2, 0.25) is 0 Å². The highest BCUT2D eigenvalue weighted by Crippen LogP contribution is 2.35. The number of anilines is 1. The highest BCUT2D eigenvalue weighted by atomic mass is 79.9. The van der Waals surface area contributed by atoms with E-state index in [1.165, 1.54) is 0 Å². The molecule has 2 aromatic rings. The Morgan fingerprint density at radius 2 is 1.57 bits per heavy atom. The molecule has 0 aliphatic rings. The molecule has 2 rings (SSSR count). The molecular weight excluding hydrogens is 466 g/mol. The minimum Gasteiger partial charge on any atom is -0.497 e. The van der Waals surface area contributed by atoms with Gasteiger partial charge in [0, 0.05) is 17.1 Å². The number of halogens is 3. The van der Waals surface area contributed by atoms with Crippen molar-refractivity contribution in [3.8, 4) is 11.5 Å². The van der Waals surface area contributed by atoms with Gasteiger partial charge in [-0.3, -0.25) is 0 Å². The van der Waals surface area contributed by atoms with Crippen molar-refractivity contribution in [2.45, 2.75) is 6.54 Å². The third kappa shape index (κ3) is 4.14. The van der Waals surface area contributed by atoms with E-state index in [0.29, 0.717) is 6.54 Å². The number of methoxy groups -OCH3 is 2. The zero-order valence-corrected chi connectivity index (χ0v) is 16.3. The molecule has 6 heteroatoms. The van der Waals surface area contributed by atoms with Gasteiger partial charge in [0.15, 0.2) is 0 Å². The van der Waals surface area contributed by atoms with Gasteiger partial charge in [-0.15, -0.1) is 0 Å². The van der Waals surface area contributed by atoms with Crippen molar-refractivity contribution in [1.29, 1.82) is 0 Å². The quantitative estimate of drug-likeness (QED) is 0.605. The summed E-state index contributed by atoms with van der Waals surface area (Å²) in [6.45, 7) is 0.687. The summed E-state index contributed by atoms with van der Waals surface area (Å²) in [5.41, 5.74) is 2.11. The van der Waals surface area contributed by atoms with E-state index >= 15 is 0 Å². The Hall–Kier alpha value is -0.720. The minimum atomic E-state index is 0.687. The van der Waals surface area contributed by atoms with Crippen LogP contribution in [0.25, 0.3) is 0 Å². The first-order valence-electron chi connectivity index (χ1n) is 6.14. The van der Waals surface area contributed by atoms with Crippen molar-refractivity contribution in [3.05, 3.63) is 49.3 Å². The first-order valence-corrected chi connectivity index (χ1v) is 8.52. The van der Waals surface area contributed by atoms with E-state index in [4.69, 9.17) is 9.47 Å². The van der Waals surface area contributed by atoms with Crippen LogP contribution in [0.5, 0.6) is 11.5 Å². The fourth-order valence-electron chi connectivity index (χ4n) is 1.87. The molecule has 0 bridgehead atoms. The summed E-state index contributed by atoms with van der Waals surface area (Å²) < 4.78 is 13.4. The van der Waals surface area contributed by atoms with E-state index in [9.17, 15) is 0 Å². The zero-order valence-electron chi connectivity index (χ0n) is 11.5. The molecule has 0 spiro atoms. The van der Waals surface area contributed by atoms with Gasteiger partial charge in [-0.05, 0) is 77.6 Å². The molecule has 0 aliphatic carbocycles. The standard InChI is InChI=1S/C15H14Br3NO2/c1-20-10-3-4-11(16)14(7-10)19-8-9-5-12(17)15(21-2)13(18)6-9/h3-7,19H,8H2,1-2H3. The van der Waals surface area contributed by atoms with Crippen LogP contribution in [-0.2, 0) is 6.54 Å². The molecule has 0 saturated heterocycles. The molecule has 0 aromatic heterocycles. The lowest BCUT2D eigenvalue weighted by Gasteiger charge is -2.12. The number of ether oxygens (including phenoxy) is 2. The maximum atomic E-state index is 5.30. The van der Waals surface area contributed by atoms with Gasteiger partial charge in [0.25, 0.3) is 0 Å². The first kappa shape index (κ1) is 16.6. The summed E-state index contributed by atoms with van der Waals surface area (Å²) in [5.74, 6) is 1.61. The average Bonchev–Trinajstić information content (AvgIpc) is 2.46. The first-order chi connectivity index (χ1) is 10.0. The Labute approximate surface area is 149 Å². The van der Waals surface area contributed by atoms with Crippen LogP contribution in [0, 0.1) is 0 Å². The van der Waals surface area contributed by atoms with Gasteiger partial charge in [-0.25, -0.2) is 0 Å². The lowest BCUT2D eigenvalue weighted by Crippen LogP contribution is -2.01. The molecule has 0 saturated carbocycles. The maximum absolute atomic E-state index is 5.30. The second kappa shape index (κ2) is 7.51. The molecule has 0 radical (unpaired) electrons. The molecule has 0 amide bonds. The van der Waals surface area contributed by atoms with Gasteiger partial charge in [-0.2, -0.15) is 0 Å². The topological polar surface area (TPSA) is 30.5 Å². The Morgan fingerprint density at radius 3 is 2.14 bits per heavy atom. The summed E-state index contributed by atoms with van der Waals surface area (Å²) >= 11 is 10.5. The molecule has 21 heavy (non-hydrogen) atoms. The molecule has 0 unspecified atom stereocenters. The summed E-state index contributed by atoms with van der Waals surface area (Å²) in [7, 11) is 3.31. The van der Waals surface area contributed by atoms with Crippen molar-refractivity contribution in [2.24, 2.45) is 0 Å². The predicted octanol–water partition coefficient (Wildman–Crippen LogP) is 5.60. The van der Waals surface area contributed by atoms with Crippen molar-refractivity contribution in [2.75, 3.05) is 19.5 Å². The Bertz CT molecular complexity index is 624. The normalized spacial score (nSPS) is 10.3. The minimum absolute atomic E-state index is 0.687. The number of nitrogens with one attached hydrogen (secondary N) is 1. The number of benzene rings is 2. The molecule has 0 heterocycles. The van der Waals surface area contributed by atoms with Crippen LogP contribution >= 0.6 is 47.8 Å². The average molecular weight is 480 g/mol. The smallest absolute Gasteiger partial charge is 0.147 e. The monoisotopic (exact) mass is 477 g/mol. The molecule has 112 valence electrons. The predicted molar refractivity (Wildman–Crippen MR) is 96.4 cm³/mol.